The molecule has 28 heavy (non-hydrogen) atoms. The van der Waals surface area contributed by atoms with Crippen molar-refractivity contribution in [3.05, 3.63) is 65.5 Å². The molecule has 0 spiro atoms. The Balaban J connectivity index is 2.38. The summed E-state index contributed by atoms with van der Waals surface area (Å²) in [5, 5.41) is 0. The van der Waals surface area contributed by atoms with Gasteiger partial charge in [-0.2, -0.15) is 4.31 Å². The minimum absolute atomic E-state index is 0.0341. The van der Waals surface area contributed by atoms with E-state index in [9.17, 15) is 17.6 Å². The molecule has 0 aromatic heterocycles. The first kappa shape index (κ1) is 22.0. The van der Waals surface area contributed by atoms with E-state index in [1.807, 2.05) is 19.0 Å². The lowest BCUT2D eigenvalue weighted by molar-refractivity contribution is 0.0526. The number of likely N-dealkylation sites (N-methyl/N-ethyl adjacent to an activating group) is 1. The molecule has 0 amide bonds. The van der Waals surface area contributed by atoms with Gasteiger partial charge in [0.15, 0.2) is 0 Å². The van der Waals surface area contributed by atoms with Crippen molar-refractivity contribution in [3.63, 3.8) is 0 Å². The van der Waals surface area contributed by atoms with Crippen LogP contribution in [0.2, 0.25) is 0 Å². The van der Waals surface area contributed by atoms with Crippen molar-refractivity contribution in [2.45, 2.75) is 18.4 Å². The second-order valence-electron chi connectivity index (χ2n) is 6.48. The van der Waals surface area contributed by atoms with Gasteiger partial charge in [-0.15, -0.1) is 0 Å². The average molecular weight is 408 g/mol. The van der Waals surface area contributed by atoms with Crippen molar-refractivity contribution in [3.8, 4) is 0 Å². The first-order valence-corrected chi connectivity index (χ1v) is 10.3. The van der Waals surface area contributed by atoms with Crippen LogP contribution in [-0.2, 0) is 21.3 Å². The number of halogens is 1. The van der Waals surface area contributed by atoms with Crippen molar-refractivity contribution in [2.75, 3.05) is 33.8 Å². The summed E-state index contributed by atoms with van der Waals surface area (Å²) < 4.78 is 46.7. The molecule has 0 saturated carbocycles. The summed E-state index contributed by atoms with van der Waals surface area (Å²) in [5.41, 5.74) is 0.438. The van der Waals surface area contributed by atoms with Gasteiger partial charge in [-0.05, 0) is 45.3 Å². The minimum atomic E-state index is -3.95. The fourth-order valence-electron chi connectivity index (χ4n) is 2.56. The molecule has 0 aliphatic rings. The lowest BCUT2D eigenvalue weighted by Crippen LogP contribution is -2.36. The summed E-state index contributed by atoms with van der Waals surface area (Å²) in [4.78, 5) is 13.8. The number of hydrogen-bond acceptors (Lipinski definition) is 5. The van der Waals surface area contributed by atoms with Gasteiger partial charge in [-0.3, -0.25) is 0 Å². The normalized spacial score (nSPS) is 11.8. The molecule has 0 atom stereocenters. The monoisotopic (exact) mass is 408 g/mol. The number of carbonyl (C=O) groups is 1. The molecule has 0 N–H and O–H groups in total. The summed E-state index contributed by atoms with van der Waals surface area (Å²) >= 11 is 0. The number of sulfonamides is 1. The zero-order valence-electron chi connectivity index (χ0n) is 16.3. The van der Waals surface area contributed by atoms with Crippen LogP contribution in [0.4, 0.5) is 4.39 Å². The van der Waals surface area contributed by atoms with Crippen molar-refractivity contribution in [1.82, 2.24) is 9.21 Å². The predicted molar refractivity (Wildman–Crippen MR) is 105 cm³/mol. The number of benzene rings is 2. The summed E-state index contributed by atoms with van der Waals surface area (Å²) in [5.74, 6) is -1.05. The Bertz CT molecular complexity index is 916. The van der Waals surface area contributed by atoms with Crippen LogP contribution >= 0.6 is 0 Å². The van der Waals surface area contributed by atoms with E-state index < -0.39 is 21.8 Å². The Labute approximate surface area is 165 Å². The third-order valence-corrected chi connectivity index (χ3v) is 5.93. The molecule has 0 bridgehead atoms. The summed E-state index contributed by atoms with van der Waals surface area (Å²) in [7, 11) is -0.293. The number of carbonyl (C=O) groups excluding carboxylic acids is 1. The van der Waals surface area contributed by atoms with Crippen LogP contribution in [0.5, 0.6) is 0 Å². The summed E-state index contributed by atoms with van der Waals surface area (Å²) in [6.07, 6.45) is 0. The topological polar surface area (TPSA) is 66.9 Å². The zero-order chi connectivity index (χ0) is 20.7. The number of nitrogens with zero attached hydrogens (tertiary/aromatic N) is 2. The highest BCUT2D eigenvalue weighted by Crippen LogP contribution is 2.21. The van der Waals surface area contributed by atoms with Crippen molar-refractivity contribution in [2.24, 2.45) is 0 Å². The largest absolute Gasteiger partial charge is 0.462 e. The molecular formula is C20H25FN2O4S. The van der Waals surface area contributed by atoms with E-state index in [0.29, 0.717) is 6.54 Å². The quantitative estimate of drug-likeness (QED) is 0.597. The van der Waals surface area contributed by atoms with Crippen LogP contribution in [0, 0.1) is 5.82 Å². The van der Waals surface area contributed by atoms with Crippen molar-refractivity contribution >= 4 is 16.0 Å². The van der Waals surface area contributed by atoms with Crippen LogP contribution in [0.3, 0.4) is 0 Å². The first-order valence-electron chi connectivity index (χ1n) is 8.91. The Kier molecular flexibility index (Phi) is 7.68. The molecular weight excluding hydrogens is 383 g/mol. The number of ether oxygens (including phenoxy) is 1. The molecule has 0 aliphatic carbocycles. The standard InChI is InChI=1S/C20H25FN2O4S/c1-4-27-20(24)16-9-7-10-18(14-16)28(25,26)23(13-12-22(2)3)15-17-8-5-6-11-19(17)21/h5-11,14H,4,12-13,15H2,1-3H3. The van der Waals surface area contributed by atoms with Gasteiger partial charge >= 0.3 is 5.97 Å². The van der Waals surface area contributed by atoms with Crippen LogP contribution in [0.25, 0.3) is 0 Å². The molecule has 152 valence electrons. The molecule has 2 rings (SSSR count). The fourth-order valence-corrected chi connectivity index (χ4v) is 4.02. The Morgan fingerprint density at radius 2 is 1.79 bits per heavy atom. The maximum absolute atomic E-state index is 14.1. The van der Waals surface area contributed by atoms with Crippen LogP contribution in [-0.4, -0.2) is 57.4 Å². The maximum atomic E-state index is 14.1. The van der Waals surface area contributed by atoms with E-state index in [1.54, 1.807) is 25.1 Å². The molecule has 8 heteroatoms. The molecule has 0 unspecified atom stereocenters. The molecule has 2 aromatic carbocycles. The Hall–Kier alpha value is -2.29. The number of rotatable bonds is 9. The molecule has 0 fully saturated rings. The summed E-state index contributed by atoms with van der Waals surface area (Å²) in [6.45, 7) is 2.40. The zero-order valence-corrected chi connectivity index (χ0v) is 17.1. The molecule has 0 saturated heterocycles. The first-order chi connectivity index (χ1) is 13.3. The highest BCUT2D eigenvalue weighted by Gasteiger charge is 2.26. The predicted octanol–water partition coefficient (Wildman–Crippen LogP) is 2.75. The van der Waals surface area contributed by atoms with Crippen molar-refractivity contribution < 1.29 is 22.3 Å². The highest BCUT2D eigenvalue weighted by molar-refractivity contribution is 7.89. The average Bonchev–Trinajstić information content (AvgIpc) is 2.66. The molecule has 2 aromatic rings. The Morgan fingerprint density at radius 1 is 1.07 bits per heavy atom. The molecule has 0 radical (unpaired) electrons. The van der Waals surface area contributed by atoms with Crippen molar-refractivity contribution in [1.29, 1.82) is 0 Å². The smallest absolute Gasteiger partial charge is 0.338 e. The third-order valence-electron chi connectivity index (χ3n) is 4.08. The van der Waals surface area contributed by atoms with Gasteiger partial charge in [-0.25, -0.2) is 17.6 Å². The third kappa shape index (κ3) is 5.60. The maximum Gasteiger partial charge on any atom is 0.338 e. The van der Waals surface area contributed by atoms with E-state index in [1.165, 1.54) is 34.6 Å². The van der Waals surface area contributed by atoms with E-state index >= 15 is 0 Å². The molecule has 0 aliphatic heterocycles. The van der Waals surface area contributed by atoms with E-state index in [0.717, 1.165) is 0 Å². The van der Waals surface area contributed by atoms with Gasteiger partial charge in [-0.1, -0.05) is 24.3 Å². The number of hydrogen-bond donors (Lipinski definition) is 0. The SMILES string of the molecule is CCOC(=O)c1cccc(S(=O)(=O)N(CCN(C)C)Cc2ccccc2F)c1. The minimum Gasteiger partial charge on any atom is -0.462 e. The Morgan fingerprint density at radius 3 is 2.43 bits per heavy atom. The second-order valence-corrected chi connectivity index (χ2v) is 8.42. The summed E-state index contributed by atoms with van der Waals surface area (Å²) in [6, 6.07) is 11.8. The van der Waals surface area contributed by atoms with Gasteiger partial charge in [0, 0.05) is 25.2 Å². The highest BCUT2D eigenvalue weighted by atomic mass is 32.2. The van der Waals surface area contributed by atoms with Gasteiger partial charge in [0.1, 0.15) is 5.82 Å². The van der Waals surface area contributed by atoms with Gasteiger partial charge in [0.05, 0.1) is 17.1 Å². The van der Waals surface area contributed by atoms with E-state index in [4.69, 9.17) is 4.74 Å². The second kappa shape index (κ2) is 9.77. The van der Waals surface area contributed by atoms with Gasteiger partial charge < -0.3 is 9.64 Å². The van der Waals surface area contributed by atoms with Gasteiger partial charge in [0.2, 0.25) is 10.0 Å². The molecule has 0 heterocycles. The lowest BCUT2D eigenvalue weighted by Gasteiger charge is -2.24. The lowest BCUT2D eigenvalue weighted by atomic mass is 10.2. The van der Waals surface area contributed by atoms with Crippen LogP contribution < -0.4 is 0 Å². The molecule has 6 nitrogen and oxygen atoms in total. The van der Waals surface area contributed by atoms with Crippen LogP contribution in [0.1, 0.15) is 22.8 Å². The number of esters is 1. The van der Waals surface area contributed by atoms with Crippen LogP contribution in [0.15, 0.2) is 53.4 Å². The van der Waals surface area contributed by atoms with Gasteiger partial charge in [0.25, 0.3) is 0 Å². The van der Waals surface area contributed by atoms with E-state index in [2.05, 4.69) is 0 Å². The fraction of sp³-hybridized carbons (Fsp3) is 0.350. The van der Waals surface area contributed by atoms with E-state index in [-0.39, 0.29) is 35.7 Å².